The van der Waals surface area contributed by atoms with Crippen molar-refractivity contribution >= 4 is 21.6 Å². The van der Waals surface area contributed by atoms with Crippen molar-refractivity contribution in [3.63, 3.8) is 0 Å². The first-order chi connectivity index (χ1) is 7.29. The number of nitro groups is 1. The maximum atomic E-state index is 10.8. The molecule has 0 aliphatic rings. The first kappa shape index (κ1) is 13.1. The molecule has 88 valence electrons. The van der Waals surface area contributed by atoms with Gasteiger partial charge in [0.05, 0.1) is 4.92 Å². The Bertz CT molecular complexity index is 402. The first-order valence-electron chi connectivity index (χ1n) is 4.87. The van der Waals surface area contributed by atoms with Gasteiger partial charge in [0.1, 0.15) is 5.69 Å². The Morgan fingerprint density at radius 2 is 2.25 bits per heavy atom. The van der Waals surface area contributed by atoms with Gasteiger partial charge in [0, 0.05) is 22.3 Å². The highest BCUT2D eigenvalue weighted by atomic mass is 79.9. The molecule has 1 rings (SSSR count). The first-order valence-corrected chi connectivity index (χ1v) is 5.66. The van der Waals surface area contributed by atoms with Gasteiger partial charge in [-0.15, -0.1) is 0 Å². The van der Waals surface area contributed by atoms with E-state index >= 15 is 0 Å². The van der Waals surface area contributed by atoms with Crippen molar-refractivity contribution < 1.29 is 4.92 Å². The third-order valence-corrected chi connectivity index (χ3v) is 2.55. The molecule has 16 heavy (non-hydrogen) atoms. The summed E-state index contributed by atoms with van der Waals surface area (Å²) >= 11 is 3.16. The van der Waals surface area contributed by atoms with E-state index in [4.69, 9.17) is 5.73 Å². The van der Waals surface area contributed by atoms with Crippen LogP contribution < -0.4 is 5.73 Å². The molecule has 0 spiro atoms. The molecule has 5 nitrogen and oxygen atoms in total. The number of nitrogens with two attached hydrogens (primary N) is 1. The quantitative estimate of drug-likeness (QED) is 0.681. The van der Waals surface area contributed by atoms with E-state index in [1.165, 1.54) is 6.07 Å². The van der Waals surface area contributed by atoms with Crippen LogP contribution in [0.3, 0.4) is 0 Å². The number of halogens is 1. The molecular weight excluding hydrogens is 274 g/mol. The van der Waals surface area contributed by atoms with Crippen LogP contribution >= 0.6 is 15.9 Å². The Labute approximate surface area is 102 Å². The van der Waals surface area contributed by atoms with Gasteiger partial charge in [0.15, 0.2) is 0 Å². The third-order valence-electron chi connectivity index (χ3n) is 2.12. The van der Waals surface area contributed by atoms with Crippen LogP contribution in [0.1, 0.15) is 26.0 Å². The maximum absolute atomic E-state index is 10.8. The molecule has 0 aromatic carbocycles. The summed E-state index contributed by atoms with van der Waals surface area (Å²) in [5.41, 5.74) is 6.01. The summed E-state index contributed by atoms with van der Waals surface area (Å²) in [5.74, 6) is 0. The lowest BCUT2D eigenvalue weighted by Crippen LogP contribution is -2.32. The van der Waals surface area contributed by atoms with Crippen LogP contribution in [0.4, 0.5) is 5.69 Å². The Hall–Kier alpha value is -1.01. The summed E-state index contributed by atoms with van der Waals surface area (Å²) in [6, 6.07) is 1.46. The van der Waals surface area contributed by atoms with E-state index in [0.29, 0.717) is 23.0 Å². The van der Waals surface area contributed by atoms with Gasteiger partial charge in [-0.05, 0) is 42.6 Å². The van der Waals surface area contributed by atoms with Gasteiger partial charge in [-0.1, -0.05) is 0 Å². The highest BCUT2D eigenvalue weighted by molar-refractivity contribution is 9.10. The molecule has 0 unspecified atom stereocenters. The van der Waals surface area contributed by atoms with Crippen molar-refractivity contribution in [2.75, 3.05) is 0 Å². The number of pyridine rings is 1. The fraction of sp³-hybridized carbons (Fsp3) is 0.500. The van der Waals surface area contributed by atoms with Crippen LogP contribution in [-0.4, -0.2) is 15.4 Å². The normalized spacial score (nSPS) is 11.5. The fourth-order valence-electron chi connectivity index (χ4n) is 1.25. The van der Waals surface area contributed by atoms with Crippen molar-refractivity contribution in [2.45, 2.75) is 32.2 Å². The van der Waals surface area contributed by atoms with Gasteiger partial charge in [0.2, 0.25) is 0 Å². The van der Waals surface area contributed by atoms with Crippen molar-refractivity contribution in [3.05, 3.63) is 32.5 Å². The van der Waals surface area contributed by atoms with Crippen molar-refractivity contribution in [1.82, 2.24) is 4.98 Å². The topological polar surface area (TPSA) is 82.0 Å². The van der Waals surface area contributed by atoms with E-state index in [1.807, 2.05) is 13.8 Å². The summed E-state index contributed by atoms with van der Waals surface area (Å²) in [6.07, 6.45) is 2.72. The lowest BCUT2D eigenvalue weighted by molar-refractivity contribution is -0.386. The van der Waals surface area contributed by atoms with Gasteiger partial charge in [0.25, 0.3) is 5.69 Å². The third kappa shape index (κ3) is 3.86. The Morgan fingerprint density at radius 1 is 1.62 bits per heavy atom. The monoisotopic (exact) mass is 287 g/mol. The highest BCUT2D eigenvalue weighted by Gasteiger charge is 2.18. The lowest BCUT2D eigenvalue weighted by Gasteiger charge is -2.17. The predicted octanol–water partition coefficient (Wildman–Crippen LogP) is 2.42. The van der Waals surface area contributed by atoms with Crippen LogP contribution in [0.2, 0.25) is 0 Å². The second-order valence-electron chi connectivity index (χ2n) is 4.37. The minimum atomic E-state index is -0.420. The Kier molecular flexibility index (Phi) is 3.98. The average Bonchev–Trinajstić information content (AvgIpc) is 2.14. The van der Waals surface area contributed by atoms with E-state index in [-0.39, 0.29) is 11.2 Å². The molecule has 0 radical (unpaired) electrons. The van der Waals surface area contributed by atoms with Crippen LogP contribution in [-0.2, 0) is 6.42 Å². The summed E-state index contributed by atoms with van der Waals surface area (Å²) in [5, 5.41) is 10.8. The molecule has 0 atom stereocenters. The summed E-state index contributed by atoms with van der Waals surface area (Å²) < 4.78 is 0.606. The van der Waals surface area contributed by atoms with Gasteiger partial charge < -0.3 is 5.73 Å². The Balaban J connectivity index is 2.91. The zero-order chi connectivity index (χ0) is 12.3. The van der Waals surface area contributed by atoms with Crippen LogP contribution in [0.25, 0.3) is 0 Å². The molecule has 1 heterocycles. The SMILES string of the molecule is CC(C)(N)CCc1ncc(Br)cc1[N+](=O)[O-]. The summed E-state index contributed by atoms with van der Waals surface area (Å²) in [7, 11) is 0. The molecule has 0 amide bonds. The van der Waals surface area contributed by atoms with Crippen LogP contribution in [0, 0.1) is 10.1 Å². The zero-order valence-electron chi connectivity index (χ0n) is 9.24. The molecule has 0 aliphatic heterocycles. The number of nitrogens with zero attached hydrogens (tertiary/aromatic N) is 2. The number of rotatable bonds is 4. The number of aryl methyl sites for hydroxylation is 1. The number of aromatic nitrogens is 1. The molecule has 0 saturated heterocycles. The molecular formula is C10H14BrN3O2. The van der Waals surface area contributed by atoms with Gasteiger partial charge in [-0.3, -0.25) is 15.1 Å². The molecule has 0 bridgehead atoms. The Morgan fingerprint density at radius 3 is 2.75 bits per heavy atom. The molecule has 0 saturated carbocycles. The highest BCUT2D eigenvalue weighted by Crippen LogP contribution is 2.23. The van der Waals surface area contributed by atoms with Gasteiger partial charge in [-0.25, -0.2) is 0 Å². The van der Waals surface area contributed by atoms with Crippen molar-refractivity contribution in [2.24, 2.45) is 5.73 Å². The molecule has 0 fully saturated rings. The maximum Gasteiger partial charge on any atom is 0.291 e. The second-order valence-corrected chi connectivity index (χ2v) is 5.28. The van der Waals surface area contributed by atoms with Crippen LogP contribution in [0.15, 0.2) is 16.7 Å². The zero-order valence-corrected chi connectivity index (χ0v) is 10.8. The van der Waals surface area contributed by atoms with E-state index in [9.17, 15) is 10.1 Å². The van der Waals surface area contributed by atoms with E-state index in [2.05, 4.69) is 20.9 Å². The van der Waals surface area contributed by atoms with Gasteiger partial charge in [-0.2, -0.15) is 0 Å². The molecule has 0 aliphatic carbocycles. The van der Waals surface area contributed by atoms with Crippen molar-refractivity contribution in [1.29, 1.82) is 0 Å². The minimum Gasteiger partial charge on any atom is -0.326 e. The molecule has 6 heteroatoms. The summed E-state index contributed by atoms with van der Waals surface area (Å²) in [6.45, 7) is 3.77. The van der Waals surface area contributed by atoms with Gasteiger partial charge >= 0.3 is 0 Å². The molecule has 1 aromatic rings. The minimum absolute atomic E-state index is 0.0404. The molecule has 1 aromatic heterocycles. The van der Waals surface area contributed by atoms with E-state index in [0.717, 1.165) is 0 Å². The molecule has 2 N–H and O–H groups in total. The van der Waals surface area contributed by atoms with E-state index < -0.39 is 4.92 Å². The average molecular weight is 288 g/mol. The smallest absolute Gasteiger partial charge is 0.291 e. The van der Waals surface area contributed by atoms with Crippen molar-refractivity contribution in [3.8, 4) is 0 Å². The number of hydrogen-bond acceptors (Lipinski definition) is 4. The van der Waals surface area contributed by atoms with Crippen LogP contribution in [0.5, 0.6) is 0 Å². The standard InChI is InChI=1S/C10H14BrN3O2/c1-10(2,12)4-3-8-9(14(15)16)5-7(11)6-13-8/h5-6H,3-4,12H2,1-2H3. The predicted molar refractivity (Wildman–Crippen MR) is 65.2 cm³/mol. The fourth-order valence-corrected chi connectivity index (χ4v) is 1.57. The van der Waals surface area contributed by atoms with E-state index in [1.54, 1.807) is 6.20 Å². The summed E-state index contributed by atoms with van der Waals surface area (Å²) in [4.78, 5) is 14.5. The second kappa shape index (κ2) is 4.88. The number of hydrogen-bond donors (Lipinski definition) is 1. The lowest BCUT2D eigenvalue weighted by atomic mass is 9.98. The largest absolute Gasteiger partial charge is 0.326 e.